The van der Waals surface area contributed by atoms with Gasteiger partial charge in [-0.2, -0.15) is 0 Å². The summed E-state index contributed by atoms with van der Waals surface area (Å²) < 4.78 is 6.07. The van der Waals surface area contributed by atoms with Crippen LogP contribution < -0.4 is 0 Å². The molecule has 2 unspecified atom stereocenters. The van der Waals surface area contributed by atoms with Crippen LogP contribution in [0.15, 0.2) is 91.1 Å². The molecule has 3 heterocycles. The summed E-state index contributed by atoms with van der Waals surface area (Å²) in [6.07, 6.45) is 7.94. The van der Waals surface area contributed by atoms with Crippen LogP contribution >= 0.6 is 0 Å². The second-order valence-electron chi connectivity index (χ2n) is 10.1. The number of hydrogen-bond donors (Lipinski definition) is 0. The average Bonchev–Trinajstić information content (AvgIpc) is 3.24. The molecule has 4 aromatic rings. The first kappa shape index (κ1) is 21.4. The SMILES string of the molecule is O=C(OCC1c2ccccc2-c2ccccc21)N1C2C=C(c3cccc4cccnc34)CC1CCC2. The first-order valence-corrected chi connectivity index (χ1v) is 13.0. The van der Waals surface area contributed by atoms with Gasteiger partial charge in [0, 0.05) is 29.1 Å². The molecule has 3 aliphatic rings. The van der Waals surface area contributed by atoms with Crippen LogP contribution in [0.25, 0.3) is 27.6 Å². The number of benzene rings is 3. The summed E-state index contributed by atoms with van der Waals surface area (Å²) in [5.74, 6) is 0.0823. The van der Waals surface area contributed by atoms with E-state index in [-0.39, 0.29) is 24.1 Å². The largest absolute Gasteiger partial charge is 0.448 e. The van der Waals surface area contributed by atoms with Crippen molar-refractivity contribution in [2.24, 2.45) is 0 Å². The van der Waals surface area contributed by atoms with Crippen LogP contribution in [0.4, 0.5) is 4.79 Å². The van der Waals surface area contributed by atoms with Gasteiger partial charge in [-0.05, 0) is 59.6 Å². The fraction of sp³-hybridized carbons (Fsp3) is 0.250. The molecule has 4 nitrogen and oxygen atoms in total. The van der Waals surface area contributed by atoms with E-state index >= 15 is 0 Å². The predicted molar refractivity (Wildman–Crippen MR) is 143 cm³/mol. The average molecular weight is 473 g/mol. The Morgan fingerprint density at radius 3 is 2.36 bits per heavy atom. The highest BCUT2D eigenvalue weighted by atomic mass is 16.6. The maximum Gasteiger partial charge on any atom is 0.410 e. The van der Waals surface area contributed by atoms with Crippen LogP contribution in [0.1, 0.15) is 48.3 Å². The monoisotopic (exact) mass is 472 g/mol. The van der Waals surface area contributed by atoms with Gasteiger partial charge in [0.05, 0.1) is 11.6 Å². The quantitative estimate of drug-likeness (QED) is 0.317. The van der Waals surface area contributed by atoms with E-state index in [4.69, 9.17) is 4.74 Å². The molecule has 1 aromatic heterocycles. The number of hydrogen-bond acceptors (Lipinski definition) is 3. The molecule has 0 radical (unpaired) electrons. The Kier molecular flexibility index (Phi) is 5.12. The lowest BCUT2D eigenvalue weighted by atomic mass is 9.82. The Bertz CT molecular complexity index is 1460. The van der Waals surface area contributed by atoms with Gasteiger partial charge in [-0.1, -0.05) is 78.9 Å². The third-order valence-corrected chi connectivity index (χ3v) is 8.16. The van der Waals surface area contributed by atoms with Crippen molar-refractivity contribution in [2.45, 2.75) is 43.7 Å². The van der Waals surface area contributed by atoms with Gasteiger partial charge < -0.3 is 4.74 Å². The number of aromatic nitrogens is 1. The molecule has 36 heavy (non-hydrogen) atoms. The second-order valence-corrected chi connectivity index (χ2v) is 10.1. The summed E-state index contributed by atoms with van der Waals surface area (Å²) in [6, 6.07) is 27.7. The smallest absolute Gasteiger partial charge is 0.410 e. The molecule has 0 saturated carbocycles. The minimum Gasteiger partial charge on any atom is -0.448 e. The molecule has 2 bridgehead atoms. The lowest BCUT2D eigenvalue weighted by Crippen LogP contribution is -2.51. The molecule has 1 aliphatic carbocycles. The molecule has 2 aliphatic heterocycles. The Morgan fingerprint density at radius 1 is 0.861 bits per heavy atom. The summed E-state index contributed by atoms with van der Waals surface area (Å²) in [5, 5.41) is 1.15. The standard InChI is InChI=1S/C32H28N2O2/c35-32(36-20-30-28-14-3-1-12-26(28)27-13-2-4-15-29(27)30)34-23-10-6-11-24(34)19-22(18-23)25-16-5-8-21-9-7-17-33-31(21)25/h1-5,7-9,12-18,23-24,30H,6,10-11,19-20H2. The van der Waals surface area contributed by atoms with E-state index in [1.165, 1.54) is 33.4 Å². The zero-order chi connectivity index (χ0) is 24.1. The molecule has 1 saturated heterocycles. The van der Waals surface area contributed by atoms with Crippen LogP contribution in [0, 0.1) is 0 Å². The van der Waals surface area contributed by atoms with Crippen molar-refractivity contribution in [1.29, 1.82) is 0 Å². The van der Waals surface area contributed by atoms with Crippen molar-refractivity contribution in [3.8, 4) is 11.1 Å². The molecule has 4 heteroatoms. The number of carbonyl (C=O) groups is 1. The first-order chi connectivity index (χ1) is 17.8. The molecule has 1 fully saturated rings. The van der Waals surface area contributed by atoms with Crippen LogP contribution in [0.5, 0.6) is 0 Å². The molecule has 2 atom stereocenters. The number of amides is 1. The lowest BCUT2D eigenvalue weighted by molar-refractivity contribution is 0.0539. The first-order valence-electron chi connectivity index (χ1n) is 13.0. The van der Waals surface area contributed by atoms with Crippen LogP contribution in [0.2, 0.25) is 0 Å². The summed E-state index contributed by atoms with van der Waals surface area (Å²) in [4.78, 5) is 20.2. The van der Waals surface area contributed by atoms with Gasteiger partial charge in [-0.25, -0.2) is 4.79 Å². The van der Waals surface area contributed by atoms with Gasteiger partial charge in [0.2, 0.25) is 0 Å². The third kappa shape index (κ3) is 3.43. The van der Waals surface area contributed by atoms with Crippen molar-refractivity contribution in [2.75, 3.05) is 6.61 Å². The molecular weight excluding hydrogens is 444 g/mol. The second kappa shape index (κ2) is 8.63. The van der Waals surface area contributed by atoms with Gasteiger partial charge in [0.1, 0.15) is 6.61 Å². The van der Waals surface area contributed by atoms with Crippen LogP contribution in [-0.4, -0.2) is 34.7 Å². The van der Waals surface area contributed by atoms with Crippen molar-refractivity contribution in [1.82, 2.24) is 9.88 Å². The van der Waals surface area contributed by atoms with Gasteiger partial charge in [-0.3, -0.25) is 9.88 Å². The highest BCUT2D eigenvalue weighted by Crippen LogP contribution is 2.45. The third-order valence-electron chi connectivity index (χ3n) is 8.16. The zero-order valence-electron chi connectivity index (χ0n) is 20.1. The molecule has 178 valence electrons. The summed E-state index contributed by atoms with van der Waals surface area (Å²) >= 11 is 0. The van der Waals surface area contributed by atoms with E-state index in [0.717, 1.165) is 36.6 Å². The van der Waals surface area contributed by atoms with Crippen molar-refractivity contribution in [3.05, 3.63) is 108 Å². The Hall–Kier alpha value is -3.92. The summed E-state index contributed by atoms with van der Waals surface area (Å²) in [7, 11) is 0. The van der Waals surface area contributed by atoms with E-state index in [1.54, 1.807) is 0 Å². The summed E-state index contributed by atoms with van der Waals surface area (Å²) in [6.45, 7) is 0.368. The van der Waals surface area contributed by atoms with Gasteiger partial charge in [0.15, 0.2) is 0 Å². The van der Waals surface area contributed by atoms with Crippen LogP contribution in [0.3, 0.4) is 0 Å². The lowest BCUT2D eigenvalue weighted by Gasteiger charge is -2.44. The predicted octanol–water partition coefficient (Wildman–Crippen LogP) is 7.19. The number of pyridine rings is 1. The molecule has 0 spiro atoms. The normalized spacial score (nSPS) is 20.6. The number of nitrogens with zero attached hydrogens (tertiary/aromatic N) is 2. The topological polar surface area (TPSA) is 42.4 Å². The molecular formula is C32H28N2O2. The number of fused-ring (bicyclic) bond motifs is 6. The fourth-order valence-electron chi connectivity index (χ4n) is 6.55. The molecule has 3 aromatic carbocycles. The minimum atomic E-state index is -0.182. The number of piperidine rings is 1. The number of rotatable bonds is 3. The van der Waals surface area contributed by atoms with Crippen molar-refractivity contribution in [3.63, 3.8) is 0 Å². The maximum atomic E-state index is 13.5. The maximum absolute atomic E-state index is 13.5. The highest BCUT2D eigenvalue weighted by Gasteiger charge is 2.39. The van der Waals surface area contributed by atoms with Crippen molar-refractivity contribution < 1.29 is 9.53 Å². The number of carbonyl (C=O) groups excluding carboxylic acids is 1. The van der Waals surface area contributed by atoms with E-state index in [1.807, 2.05) is 17.2 Å². The Balaban J connectivity index is 1.14. The van der Waals surface area contributed by atoms with Gasteiger partial charge in [-0.15, -0.1) is 0 Å². The number of para-hydroxylation sites is 1. The van der Waals surface area contributed by atoms with Crippen LogP contribution in [-0.2, 0) is 4.74 Å². The van der Waals surface area contributed by atoms with E-state index in [2.05, 4.69) is 83.9 Å². The number of ether oxygens (including phenoxy) is 1. The van der Waals surface area contributed by atoms with E-state index in [0.29, 0.717) is 6.61 Å². The molecule has 1 amide bonds. The van der Waals surface area contributed by atoms with Gasteiger partial charge >= 0.3 is 6.09 Å². The molecule has 0 N–H and O–H groups in total. The highest BCUT2D eigenvalue weighted by molar-refractivity contribution is 5.91. The molecule has 7 rings (SSSR count). The van der Waals surface area contributed by atoms with E-state index < -0.39 is 0 Å². The fourth-order valence-corrected chi connectivity index (χ4v) is 6.55. The van der Waals surface area contributed by atoms with E-state index in [9.17, 15) is 4.79 Å². The Labute approximate surface area is 211 Å². The Morgan fingerprint density at radius 2 is 1.58 bits per heavy atom. The minimum absolute atomic E-state index is 0.0714. The zero-order valence-corrected chi connectivity index (χ0v) is 20.1. The summed E-state index contributed by atoms with van der Waals surface area (Å²) in [5.41, 5.74) is 8.53. The van der Waals surface area contributed by atoms with Gasteiger partial charge in [0.25, 0.3) is 0 Å². The van der Waals surface area contributed by atoms with Crippen molar-refractivity contribution >= 4 is 22.6 Å².